The Labute approximate surface area is 167 Å². The fourth-order valence-electron chi connectivity index (χ4n) is 4.91. The van der Waals surface area contributed by atoms with Gasteiger partial charge in [0.2, 0.25) is 0 Å². The van der Waals surface area contributed by atoms with E-state index in [9.17, 15) is 0 Å². The summed E-state index contributed by atoms with van der Waals surface area (Å²) in [6.45, 7) is 3.30. The van der Waals surface area contributed by atoms with Gasteiger partial charge in [-0.2, -0.15) is 0 Å². The molecule has 0 unspecified atom stereocenters. The number of rotatable bonds is 5. The maximum Gasteiger partial charge on any atom is 0.161 e. The third kappa shape index (κ3) is 2.89. The van der Waals surface area contributed by atoms with Gasteiger partial charge in [-0.15, -0.1) is 0 Å². The molecule has 0 fully saturated rings. The van der Waals surface area contributed by atoms with Crippen LogP contribution in [0.2, 0.25) is 0 Å². The Balaban J connectivity index is 1.82. The topological polar surface area (TPSA) is 40.2 Å². The summed E-state index contributed by atoms with van der Waals surface area (Å²) >= 11 is 0. The molecule has 150 valence electrons. The van der Waals surface area contributed by atoms with Crippen LogP contribution in [0.3, 0.4) is 0 Å². The van der Waals surface area contributed by atoms with Crippen molar-refractivity contribution in [1.82, 2.24) is 4.90 Å². The maximum absolute atomic E-state index is 5.59. The Morgan fingerprint density at radius 2 is 1.32 bits per heavy atom. The van der Waals surface area contributed by atoms with Crippen LogP contribution < -0.4 is 18.9 Å². The van der Waals surface area contributed by atoms with Gasteiger partial charge in [0.25, 0.3) is 0 Å². The molecule has 0 aromatic heterocycles. The Hall–Kier alpha value is -2.40. The van der Waals surface area contributed by atoms with Gasteiger partial charge in [0.15, 0.2) is 23.0 Å². The van der Waals surface area contributed by atoms with Gasteiger partial charge in [-0.3, -0.25) is 4.90 Å². The van der Waals surface area contributed by atoms with Crippen molar-refractivity contribution in [2.45, 2.75) is 38.3 Å². The summed E-state index contributed by atoms with van der Waals surface area (Å²) in [4.78, 5) is 2.64. The number of benzene rings is 2. The van der Waals surface area contributed by atoms with Gasteiger partial charge < -0.3 is 18.9 Å². The lowest BCUT2D eigenvalue weighted by Crippen LogP contribution is -2.42. The normalized spacial score (nSPS) is 20.6. The van der Waals surface area contributed by atoms with E-state index in [1.807, 2.05) is 0 Å². The largest absolute Gasteiger partial charge is 0.493 e. The zero-order valence-electron chi connectivity index (χ0n) is 17.4. The van der Waals surface area contributed by atoms with Gasteiger partial charge in [0.05, 0.1) is 28.4 Å². The second-order valence-corrected chi connectivity index (χ2v) is 7.44. The molecule has 5 nitrogen and oxygen atoms in total. The highest BCUT2D eigenvalue weighted by molar-refractivity contribution is 5.53. The summed E-state index contributed by atoms with van der Waals surface area (Å²) in [5, 5.41) is 0. The predicted molar refractivity (Wildman–Crippen MR) is 109 cm³/mol. The minimum Gasteiger partial charge on any atom is -0.493 e. The van der Waals surface area contributed by atoms with Gasteiger partial charge in [-0.05, 0) is 65.8 Å². The third-order valence-corrected chi connectivity index (χ3v) is 6.25. The standard InChI is InChI=1S/C23H29NO4/c1-6-18-17-13-23(28-5)21(26-3)11-15(17)9-19-16-12-22(27-4)20(25-2)10-14(16)7-8-24(18)19/h10-13,18-19H,6-9H2,1-5H3/t18-,19+/m0/s1. The second-order valence-electron chi connectivity index (χ2n) is 7.44. The first-order valence-electron chi connectivity index (χ1n) is 9.90. The average molecular weight is 383 g/mol. The van der Waals surface area contributed by atoms with E-state index < -0.39 is 0 Å². The van der Waals surface area contributed by atoms with Crippen LogP contribution in [0.25, 0.3) is 0 Å². The van der Waals surface area contributed by atoms with Crippen molar-refractivity contribution in [3.63, 3.8) is 0 Å². The highest BCUT2D eigenvalue weighted by Gasteiger charge is 2.38. The van der Waals surface area contributed by atoms with E-state index in [4.69, 9.17) is 18.9 Å². The summed E-state index contributed by atoms with van der Waals surface area (Å²) in [7, 11) is 6.80. The third-order valence-electron chi connectivity index (χ3n) is 6.25. The lowest BCUT2D eigenvalue weighted by Gasteiger charge is -2.47. The van der Waals surface area contributed by atoms with Crippen molar-refractivity contribution >= 4 is 0 Å². The zero-order chi connectivity index (χ0) is 19.8. The van der Waals surface area contributed by atoms with Gasteiger partial charge >= 0.3 is 0 Å². The van der Waals surface area contributed by atoms with Crippen molar-refractivity contribution in [2.24, 2.45) is 0 Å². The highest BCUT2D eigenvalue weighted by atomic mass is 16.5. The second kappa shape index (κ2) is 7.55. The SMILES string of the molecule is CC[C@H]1c2cc(OC)c(OC)cc2C[C@@H]2c3cc(OC)c(OC)cc3CCN21. The van der Waals surface area contributed by atoms with Crippen LogP contribution in [0, 0.1) is 0 Å². The molecular formula is C23H29NO4. The van der Waals surface area contributed by atoms with Crippen molar-refractivity contribution in [3.05, 3.63) is 46.5 Å². The Morgan fingerprint density at radius 1 is 0.786 bits per heavy atom. The first kappa shape index (κ1) is 18.9. The van der Waals surface area contributed by atoms with Gasteiger partial charge in [0.1, 0.15) is 0 Å². The molecule has 2 heterocycles. The Bertz CT molecular complexity index is 879. The highest BCUT2D eigenvalue weighted by Crippen LogP contribution is 2.49. The molecule has 0 radical (unpaired) electrons. The first-order valence-corrected chi connectivity index (χ1v) is 9.90. The molecule has 2 aliphatic rings. The molecule has 2 aromatic carbocycles. The minimum absolute atomic E-state index is 0.333. The fourth-order valence-corrected chi connectivity index (χ4v) is 4.91. The fraction of sp³-hybridized carbons (Fsp3) is 0.478. The number of methoxy groups -OCH3 is 4. The monoisotopic (exact) mass is 383 g/mol. The smallest absolute Gasteiger partial charge is 0.161 e. The lowest BCUT2D eigenvalue weighted by atomic mass is 9.79. The summed E-state index contributed by atoms with van der Waals surface area (Å²) in [5.41, 5.74) is 5.41. The number of hydrogen-bond acceptors (Lipinski definition) is 5. The van der Waals surface area contributed by atoms with Crippen LogP contribution >= 0.6 is 0 Å². The number of nitrogens with zero attached hydrogens (tertiary/aromatic N) is 1. The molecule has 0 saturated carbocycles. The van der Waals surface area contributed by atoms with Gasteiger partial charge in [-0.1, -0.05) is 6.92 Å². The molecule has 0 saturated heterocycles. The molecule has 28 heavy (non-hydrogen) atoms. The molecule has 2 aromatic rings. The average Bonchev–Trinajstić information content (AvgIpc) is 2.75. The molecule has 0 bridgehead atoms. The van der Waals surface area contributed by atoms with Gasteiger partial charge in [-0.25, -0.2) is 0 Å². The lowest BCUT2D eigenvalue weighted by molar-refractivity contribution is 0.103. The van der Waals surface area contributed by atoms with Crippen LogP contribution in [0.5, 0.6) is 23.0 Å². The first-order chi connectivity index (χ1) is 13.6. The maximum atomic E-state index is 5.59. The van der Waals surface area contributed by atoms with E-state index in [-0.39, 0.29) is 0 Å². The van der Waals surface area contributed by atoms with E-state index in [0.717, 1.165) is 48.8 Å². The number of ether oxygens (including phenoxy) is 4. The van der Waals surface area contributed by atoms with Crippen LogP contribution in [0.15, 0.2) is 24.3 Å². The zero-order valence-corrected chi connectivity index (χ0v) is 17.4. The molecule has 0 spiro atoms. The van der Waals surface area contributed by atoms with Crippen molar-refractivity contribution in [3.8, 4) is 23.0 Å². The van der Waals surface area contributed by atoms with Crippen LogP contribution in [0.4, 0.5) is 0 Å². The van der Waals surface area contributed by atoms with Crippen molar-refractivity contribution < 1.29 is 18.9 Å². The van der Waals surface area contributed by atoms with Crippen LogP contribution in [-0.4, -0.2) is 39.9 Å². The van der Waals surface area contributed by atoms with E-state index in [1.165, 1.54) is 22.3 Å². The minimum atomic E-state index is 0.333. The van der Waals surface area contributed by atoms with Crippen molar-refractivity contribution in [2.75, 3.05) is 35.0 Å². The molecular weight excluding hydrogens is 354 g/mol. The molecule has 4 rings (SSSR count). The quantitative estimate of drug-likeness (QED) is 0.769. The summed E-state index contributed by atoms with van der Waals surface area (Å²) in [6.07, 6.45) is 3.03. The molecule has 0 amide bonds. The predicted octanol–water partition coefficient (Wildman–Crippen LogP) is 4.33. The number of hydrogen-bond donors (Lipinski definition) is 0. The molecule has 0 N–H and O–H groups in total. The van der Waals surface area contributed by atoms with Crippen LogP contribution in [0.1, 0.15) is 47.7 Å². The summed E-state index contributed by atoms with van der Waals surface area (Å²) in [6, 6.07) is 9.35. The molecule has 5 heteroatoms. The van der Waals surface area contributed by atoms with Crippen LogP contribution in [-0.2, 0) is 12.8 Å². The van der Waals surface area contributed by atoms with Gasteiger partial charge in [0, 0.05) is 18.6 Å². The number of fused-ring (bicyclic) bond motifs is 4. The van der Waals surface area contributed by atoms with E-state index in [1.54, 1.807) is 28.4 Å². The Kier molecular flexibility index (Phi) is 5.11. The van der Waals surface area contributed by atoms with E-state index in [0.29, 0.717) is 12.1 Å². The van der Waals surface area contributed by atoms with E-state index >= 15 is 0 Å². The van der Waals surface area contributed by atoms with E-state index in [2.05, 4.69) is 36.1 Å². The Morgan fingerprint density at radius 3 is 1.89 bits per heavy atom. The van der Waals surface area contributed by atoms with Crippen molar-refractivity contribution in [1.29, 1.82) is 0 Å². The molecule has 2 aliphatic heterocycles. The molecule has 2 atom stereocenters. The summed E-state index contributed by atoms with van der Waals surface area (Å²) < 4.78 is 22.3. The molecule has 0 aliphatic carbocycles. The summed E-state index contributed by atoms with van der Waals surface area (Å²) in [5.74, 6) is 3.22.